The van der Waals surface area contributed by atoms with E-state index in [0.29, 0.717) is 6.54 Å². The van der Waals surface area contributed by atoms with Gasteiger partial charge >= 0.3 is 6.03 Å². The van der Waals surface area contributed by atoms with Crippen molar-refractivity contribution in [2.45, 2.75) is 39.4 Å². The van der Waals surface area contributed by atoms with Crippen molar-refractivity contribution in [3.8, 4) is 0 Å². The number of amides is 2. The summed E-state index contributed by atoms with van der Waals surface area (Å²) >= 11 is 0. The number of sulfone groups is 1. The van der Waals surface area contributed by atoms with Gasteiger partial charge in [-0.15, -0.1) is 0 Å². The van der Waals surface area contributed by atoms with Crippen molar-refractivity contribution >= 4 is 21.6 Å². The Morgan fingerprint density at radius 2 is 1.59 bits per heavy atom. The van der Waals surface area contributed by atoms with Gasteiger partial charge in [0.1, 0.15) is 0 Å². The molecule has 0 aromatic heterocycles. The monoisotopic (exact) mass is 384 g/mol. The van der Waals surface area contributed by atoms with Crippen LogP contribution >= 0.6 is 0 Å². The summed E-state index contributed by atoms with van der Waals surface area (Å²) < 4.78 is 24.7. The second-order valence-corrected chi connectivity index (χ2v) is 9.92. The molecule has 2 heterocycles. The van der Waals surface area contributed by atoms with E-state index in [0.717, 1.165) is 27.9 Å². The molecule has 27 heavy (non-hydrogen) atoms. The Morgan fingerprint density at radius 3 is 2.26 bits per heavy atom. The molecule has 2 atom stereocenters. The van der Waals surface area contributed by atoms with E-state index >= 15 is 0 Å². The summed E-state index contributed by atoms with van der Waals surface area (Å²) in [6.45, 7) is 6.43. The lowest BCUT2D eigenvalue weighted by Gasteiger charge is -2.24. The second-order valence-electron chi connectivity index (χ2n) is 7.76. The van der Waals surface area contributed by atoms with E-state index in [4.69, 9.17) is 0 Å². The Labute approximate surface area is 160 Å². The molecule has 2 aliphatic heterocycles. The summed E-state index contributed by atoms with van der Waals surface area (Å²) in [5.74, 6) is 0.0667. The molecule has 0 spiro atoms. The van der Waals surface area contributed by atoms with Crippen LogP contribution in [-0.4, -0.2) is 42.9 Å². The molecule has 6 heteroatoms. The molecule has 0 aliphatic carbocycles. The molecule has 142 valence electrons. The third-order valence-electron chi connectivity index (χ3n) is 5.56. The minimum atomic E-state index is -3.16. The Hall–Kier alpha value is -2.34. The Kier molecular flexibility index (Phi) is 4.26. The normalized spacial score (nSPS) is 23.7. The lowest BCUT2D eigenvalue weighted by Crippen LogP contribution is -2.37. The van der Waals surface area contributed by atoms with E-state index in [2.05, 4.69) is 6.07 Å². The Morgan fingerprint density at radius 1 is 0.963 bits per heavy atom. The zero-order valence-electron chi connectivity index (χ0n) is 15.8. The van der Waals surface area contributed by atoms with Crippen LogP contribution in [0.2, 0.25) is 0 Å². The van der Waals surface area contributed by atoms with Crippen molar-refractivity contribution in [1.82, 2.24) is 4.90 Å². The van der Waals surface area contributed by atoms with Crippen molar-refractivity contribution in [1.29, 1.82) is 0 Å². The smallest absolute Gasteiger partial charge is 0.314 e. The number of carbonyl (C=O) groups excluding carboxylic acids is 1. The third-order valence-corrected chi connectivity index (χ3v) is 7.26. The maximum absolute atomic E-state index is 13.3. The highest BCUT2D eigenvalue weighted by Crippen LogP contribution is 2.36. The zero-order valence-corrected chi connectivity index (χ0v) is 16.7. The molecule has 2 fully saturated rings. The van der Waals surface area contributed by atoms with E-state index in [9.17, 15) is 13.2 Å². The number of carbonyl (C=O) groups is 1. The van der Waals surface area contributed by atoms with Crippen LogP contribution in [0.5, 0.6) is 0 Å². The van der Waals surface area contributed by atoms with Gasteiger partial charge in [0.25, 0.3) is 0 Å². The summed E-state index contributed by atoms with van der Waals surface area (Å²) in [6.07, 6.45) is 0. The van der Waals surface area contributed by atoms with Gasteiger partial charge in [-0.3, -0.25) is 4.90 Å². The lowest BCUT2D eigenvalue weighted by molar-refractivity contribution is 0.205. The zero-order chi connectivity index (χ0) is 19.3. The van der Waals surface area contributed by atoms with Crippen LogP contribution in [0, 0.1) is 20.8 Å². The highest BCUT2D eigenvalue weighted by molar-refractivity contribution is 7.91. The van der Waals surface area contributed by atoms with Gasteiger partial charge in [-0.05, 0) is 55.2 Å². The fourth-order valence-corrected chi connectivity index (χ4v) is 6.27. The molecule has 2 unspecified atom stereocenters. The van der Waals surface area contributed by atoms with Crippen LogP contribution in [0.25, 0.3) is 0 Å². The summed E-state index contributed by atoms with van der Waals surface area (Å²) in [5, 5.41) is 0. The quantitative estimate of drug-likeness (QED) is 0.764. The standard InChI is InChI=1S/C21H24N2O3S/c1-14-8-15(2)10-18(9-14)23-20-13-27(25,26)12-19(20)22(21(23)24)11-17-7-5-4-6-16(17)3/h4-10,19-20H,11-13H2,1-3H3. The van der Waals surface area contributed by atoms with Crippen molar-refractivity contribution in [2.75, 3.05) is 16.4 Å². The molecule has 0 bridgehead atoms. The maximum atomic E-state index is 13.3. The number of aryl methyl sites for hydroxylation is 3. The largest absolute Gasteiger partial charge is 0.325 e. The summed E-state index contributed by atoms with van der Waals surface area (Å²) in [6, 6.07) is 13.2. The maximum Gasteiger partial charge on any atom is 0.325 e. The topological polar surface area (TPSA) is 57.7 Å². The average Bonchev–Trinajstić information content (AvgIpc) is 2.99. The highest BCUT2D eigenvalue weighted by atomic mass is 32.2. The number of fused-ring (bicyclic) bond motifs is 1. The van der Waals surface area contributed by atoms with Crippen LogP contribution in [0.3, 0.4) is 0 Å². The van der Waals surface area contributed by atoms with E-state index < -0.39 is 9.84 Å². The molecule has 4 rings (SSSR count). The van der Waals surface area contributed by atoms with Crippen LogP contribution in [0.4, 0.5) is 10.5 Å². The first kappa shape index (κ1) is 18.0. The molecule has 2 aromatic carbocycles. The van der Waals surface area contributed by atoms with E-state index in [-0.39, 0.29) is 29.6 Å². The fourth-order valence-electron chi connectivity index (χ4n) is 4.32. The van der Waals surface area contributed by atoms with E-state index in [1.165, 1.54) is 0 Å². The van der Waals surface area contributed by atoms with E-state index in [1.807, 2.05) is 57.2 Å². The van der Waals surface area contributed by atoms with Crippen molar-refractivity contribution < 1.29 is 13.2 Å². The number of urea groups is 1. The predicted octanol–water partition coefficient (Wildman–Crippen LogP) is 3.22. The van der Waals surface area contributed by atoms with Gasteiger partial charge in [-0.1, -0.05) is 30.3 Å². The number of hydrogen-bond donors (Lipinski definition) is 0. The fraction of sp³-hybridized carbons (Fsp3) is 0.381. The number of hydrogen-bond acceptors (Lipinski definition) is 3. The molecule has 2 aromatic rings. The van der Waals surface area contributed by atoms with Gasteiger partial charge in [0.05, 0.1) is 23.6 Å². The van der Waals surface area contributed by atoms with Crippen LogP contribution in [-0.2, 0) is 16.4 Å². The highest BCUT2D eigenvalue weighted by Gasteiger charge is 2.53. The van der Waals surface area contributed by atoms with Gasteiger partial charge in [0.2, 0.25) is 0 Å². The SMILES string of the molecule is Cc1cc(C)cc(N2C(=O)N(Cc3ccccc3C)C3CS(=O)(=O)CC32)c1. The molecule has 2 amide bonds. The summed E-state index contributed by atoms with van der Waals surface area (Å²) in [4.78, 5) is 16.8. The van der Waals surface area contributed by atoms with Crippen LogP contribution in [0.1, 0.15) is 22.3 Å². The molecule has 0 saturated carbocycles. The Balaban J connectivity index is 1.75. The van der Waals surface area contributed by atoms with Gasteiger partial charge in [0, 0.05) is 12.2 Å². The lowest BCUT2D eigenvalue weighted by atomic mass is 10.1. The summed E-state index contributed by atoms with van der Waals surface area (Å²) in [7, 11) is -3.16. The minimum Gasteiger partial charge on any atom is -0.314 e. The van der Waals surface area contributed by atoms with Crippen molar-refractivity contribution in [3.63, 3.8) is 0 Å². The molecule has 2 saturated heterocycles. The summed E-state index contributed by atoms with van der Waals surface area (Å²) in [5.41, 5.74) is 5.07. The van der Waals surface area contributed by atoms with Gasteiger partial charge in [-0.2, -0.15) is 0 Å². The third kappa shape index (κ3) is 3.23. The predicted molar refractivity (Wildman–Crippen MR) is 107 cm³/mol. The van der Waals surface area contributed by atoms with Crippen molar-refractivity contribution in [2.24, 2.45) is 0 Å². The number of anilines is 1. The molecule has 2 aliphatic rings. The van der Waals surface area contributed by atoms with Crippen LogP contribution in [0.15, 0.2) is 42.5 Å². The number of rotatable bonds is 3. The van der Waals surface area contributed by atoms with Gasteiger partial charge < -0.3 is 4.90 Å². The Bertz CT molecular complexity index is 996. The first-order chi connectivity index (χ1) is 12.7. The number of benzene rings is 2. The van der Waals surface area contributed by atoms with Crippen molar-refractivity contribution in [3.05, 3.63) is 64.7 Å². The molecule has 5 nitrogen and oxygen atoms in total. The van der Waals surface area contributed by atoms with Gasteiger partial charge in [-0.25, -0.2) is 13.2 Å². The molecular formula is C21H24N2O3S. The molecular weight excluding hydrogens is 360 g/mol. The average molecular weight is 385 g/mol. The van der Waals surface area contributed by atoms with E-state index in [1.54, 1.807) is 9.80 Å². The van der Waals surface area contributed by atoms with Crippen LogP contribution < -0.4 is 4.90 Å². The molecule has 0 radical (unpaired) electrons. The first-order valence-corrected chi connectivity index (χ1v) is 11.0. The number of nitrogens with zero attached hydrogens (tertiary/aromatic N) is 2. The minimum absolute atomic E-state index is 0.0284. The molecule has 0 N–H and O–H groups in total. The second kappa shape index (κ2) is 6.37. The van der Waals surface area contributed by atoms with Gasteiger partial charge in [0.15, 0.2) is 9.84 Å². The first-order valence-electron chi connectivity index (χ1n) is 9.18.